The normalized spacial score (nSPS) is 14.5. The van der Waals surface area contributed by atoms with Crippen LogP contribution in [0, 0.1) is 6.92 Å². The van der Waals surface area contributed by atoms with Crippen LogP contribution in [-0.2, 0) is 11.8 Å². The van der Waals surface area contributed by atoms with Gasteiger partial charge in [0.25, 0.3) is 0 Å². The van der Waals surface area contributed by atoms with Crippen molar-refractivity contribution in [3.05, 3.63) is 35.2 Å². The first-order valence-corrected chi connectivity index (χ1v) is 11.1. The Morgan fingerprint density at radius 3 is 2.71 bits per heavy atom. The van der Waals surface area contributed by atoms with Crippen LogP contribution in [-0.4, -0.2) is 63.5 Å². The minimum atomic E-state index is -0.353. The van der Waals surface area contributed by atoms with Crippen LogP contribution >= 0.6 is 11.3 Å². The second-order valence-electron chi connectivity index (χ2n) is 7.46. The predicted molar refractivity (Wildman–Crippen MR) is 121 cm³/mol. The second-order valence-corrected chi connectivity index (χ2v) is 8.35. The summed E-state index contributed by atoms with van der Waals surface area (Å²) in [5.74, 6) is 0.613. The number of pyridine rings is 1. The number of carbonyl (C=O) groups excluding carboxylic acids is 1. The molecule has 4 aromatic rings. The lowest BCUT2D eigenvalue weighted by Crippen LogP contribution is -2.47. The van der Waals surface area contributed by atoms with Crippen LogP contribution in [0.25, 0.3) is 21.3 Å². The Hall–Kier alpha value is -3.27. The summed E-state index contributed by atoms with van der Waals surface area (Å²) in [7, 11) is 1.87. The third kappa shape index (κ3) is 3.27. The average Bonchev–Trinajstić information content (AvgIpc) is 3.37. The fourth-order valence-corrected chi connectivity index (χ4v) is 4.98. The lowest BCUT2D eigenvalue weighted by molar-refractivity contribution is 0.0527. The van der Waals surface area contributed by atoms with Crippen molar-refractivity contribution >= 4 is 50.1 Å². The molecule has 1 saturated heterocycles. The number of aryl methyl sites for hydroxylation is 2. The summed E-state index contributed by atoms with van der Waals surface area (Å²) < 4.78 is 7.08. The minimum absolute atomic E-state index is 0.320. The van der Waals surface area contributed by atoms with Crippen molar-refractivity contribution in [1.82, 2.24) is 24.7 Å². The topological polar surface area (TPSA) is 89.3 Å². The molecule has 5 heterocycles. The largest absolute Gasteiger partial charge is 0.462 e. The van der Waals surface area contributed by atoms with Gasteiger partial charge in [0.15, 0.2) is 5.65 Å². The summed E-state index contributed by atoms with van der Waals surface area (Å²) in [4.78, 5) is 31.7. The highest BCUT2D eigenvalue weighted by Gasteiger charge is 2.28. The van der Waals surface area contributed by atoms with Crippen LogP contribution in [0.3, 0.4) is 0 Å². The van der Waals surface area contributed by atoms with Crippen molar-refractivity contribution in [3.63, 3.8) is 0 Å². The summed E-state index contributed by atoms with van der Waals surface area (Å²) in [6.07, 6.45) is 3.24. The number of hydrogen-bond donors (Lipinski definition) is 0. The number of esters is 1. The highest BCUT2D eigenvalue weighted by Crippen LogP contribution is 2.34. The molecule has 5 rings (SSSR count). The van der Waals surface area contributed by atoms with E-state index in [1.807, 2.05) is 26.3 Å². The van der Waals surface area contributed by atoms with Crippen molar-refractivity contribution in [2.24, 2.45) is 7.05 Å². The van der Waals surface area contributed by atoms with E-state index in [2.05, 4.69) is 35.9 Å². The molecule has 9 nitrogen and oxygen atoms in total. The molecule has 1 fully saturated rings. The molecule has 1 aliphatic rings. The molecule has 4 aromatic heterocycles. The summed E-state index contributed by atoms with van der Waals surface area (Å²) in [5, 5.41) is 8.57. The maximum atomic E-state index is 12.7. The fraction of sp³-hybridized carbons (Fsp3) is 0.381. The van der Waals surface area contributed by atoms with Crippen molar-refractivity contribution in [2.45, 2.75) is 13.8 Å². The monoisotopic (exact) mass is 437 g/mol. The van der Waals surface area contributed by atoms with E-state index in [0.29, 0.717) is 12.2 Å². The molecule has 0 unspecified atom stereocenters. The lowest BCUT2D eigenvalue weighted by atomic mass is 10.1. The van der Waals surface area contributed by atoms with Crippen LogP contribution in [0.4, 0.5) is 11.5 Å². The van der Waals surface area contributed by atoms with E-state index in [9.17, 15) is 4.79 Å². The molecule has 0 saturated carbocycles. The van der Waals surface area contributed by atoms with E-state index < -0.39 is 0 Å². The highest BCUT2D eigenvalue weighted by atomic mass is 32.1. The Kier molecular flexibility index (Phi) is 4.93. The number of anilines is 2. The van der Waals surface area contributed by atoms with Gasteiger partial charge >= 0.3 is 5.97 Å². The number of thiophene rings is 1. The zero-order valence-electron chi connectivity index (χ0n) is 17.7. The molecule has 0 amide bonds. The van der Waals surface area contributed by atoms with Crippen LogP contribution < -0.4 is 9.80 Å². The van der Waals surface area contributed by atoms with Crippen LogP contribution in [0.5, 0.6) is 0 Å². The van der Waals surface area contributed by atoms with Crippen LogP contribution in [0.1, 0.15) is 23.0 Å². The number of rotatable bonds is 4. The van der Waals surface area contributed by atoms with Gasteiger partial charge in [-0.05, 0) is 25.3 Å². The van der Waals surface area contributed by atoms with Crippen molar-refractivity contribution in [3.8, 4) is 0 Å². The Morgan fingerprint density at radius 1 is 1.16 bits per heavy atom. The quantitative estimate of drug-likeness (QED) is 0.450. The van der Waals surface area contributed by atoms with E-state index in [-0.39, 0.29) is 5.97 Å². The highest BCUT2D eigenvalue weighted by molar-refractivity contribution is 7.16. The van der Waals surface area contributed by atoms with Gasteiger partial charge in [0.1, 0.15) is 22.5 Å². The molecule has 0 radical (unpaired) electrons. The molecular formula is C21H23N7O2S. The molecular weight excluding hydrogens is 414 g/mol. The van der Waals surface area contributed by atoms with Crippen molar-refractivity contribution in [1.29, 1.82) is 0 Å². The number of aromatic nitrogens is 5. The number of fused-ring (bicyclic) bond motifs is 2. The van der Waals surface area contributed by atoms with Gasteiger partial charge in [-0.25, -0.2) is 19.7 Å². The van der Waals surface area contributed by atoms with Gasteiger partial charge in [0.2, 0.25) is 0 Å². The smallest absolute Gasteiger partial charge is 0.341 e. The number of nitrogens with zero attached hydrogens (tertiary/aromatic N) is 7. The summed E-state index contributed by atoms with van der Waals surface area (Å²) in [6, 6.07) is 2.08. The van der Waals surface area contributed by atoms with Gasteiger partial charge in [0.05, 0.1) is 28.8 Å². The third-order valence-electron chi connectivity index (χ3n) is 5.63. The minimum Gasteiger partial charge on any atom is -0.462 e. The zero-order chi connectivity index (χ0) is 21.5. The van der Waals surface area contributed by atoms with Crippen molar-refractivity contribution in [2.75, 3.05) is 42.6 Å². The van der Waals surface area contributed by atoms with Gasteiger partial charge in [-0.2, -0.15) is 5.10 Å². The maximum Gasteiger partial charge on any atom is 0.341 e. The number of ether oxygens (including phenoxy) is 1. The first-order valence-electron chi connectivity index (χ1n) is 10.3. The Balaban J connectivity index is 1.51. The number of piperazine rings is 1. The molecule has 10 heteroatoms. The Morgan fingerprint density at radius 2 is 1.94 bits per heavy atom. The first kappa shape index (κ1) is 19.7. The van der Waals surface area contributed by atoms with Crippen molar-refractivity contribution < 1.29 is 9.53 Å². The van der Waals surface area contributed by atoms with Crippen LogP contribution in [0.2, 0.25) is 0 Å². The van der Waals surface area contributed by atoms with Gasteiger partial charge in [0, 0.05) is 39.4 Å². The van der Waals surface area contributed by atoms with Gasteiger partial charge in [-0.3, -0.25) is 4.68 Å². The van der Waals surface area contributed by atoms with E-state index >= 15 is 0 Å². The lowest BCUT2D eigenvalue weighted by Gasteiger charge is -2.37. The molecule has 0 N–H and O–H groups in total. The molecule has 0 bridgehead atoms. The molecule has 31 heavy (non-hydrogen) atoms. The van der Waals surface area contributed by atoms with Gasteiger partial charge in [-0.1, -0.05) is 0 Å². The first-order chi connectivity index (χ1) is 15.1. The maximum absolute atomic E-state index is 12.7. The fourth-order valence-electron chi connectivity index (χ4n) is 4.25. The van der Waals surface area contributed by atoms with E-state index in [0.717, 1.165) is 64.6 Å². The average molecular weight is 438 g/mol. The molecule has 0 atom stereocenters. The Labute approximate surface area is 183 Å². The SMILES string of the molecule is CCOC(=O)c1cnc2c(c(C)nn2C)c1N1CCN(c2ncnc3sccc23)CC1. The molecule has 160 valence electrons. The summed E-state index contributed by atoms with van der Waals surface area (Å²) in [5.41, 5.74) is 2.96. The predicted octanol–water partition coefficient (Wildman–Crippen LogP) is 2.78. The zero-order valence-corrected chi connectivity index (χ0v) is 18.5. The second kappa shape index (κ2) is 7.77. The third-order valence-corrected chi connectivity index (χ3v) is 6.45. The van der Waals surface area contributed by atoms with E-state index in [4.69, 9.17) is 4.74 Å². The Bertz CT molecular complexity index is 1270. The summed E-state index contributed by atoms with van der Waals surface area (Å²) in [6.45, 7) is 7.14. The van der Waals surface area contributed by atoms with Gasteiger partial charge in [-0.15, -0.1) is 11.3 Å². The standard InChI is InChI=1S/C21H23N7O2S/c1-4-30-21(29)15-11-22-19-16(13(2)25-26(19)3)17(15)27-6-8-28(9-7-27)18-14-5-10-31-20(14)24-12-23-18/h5,10-12H,4,6-9H2,1-3H3. The van der Waals surface area contributed by atoms with E-state index in [1.165, 1.54) is 0 Å². The molecule has 0 aliphatic carbocycles. The summed E-state index contributed by atoms with van der Waals surface area (Å²) >= 11 is 1.62. The molecule has 0 spiro atoms. The van der Waals surface area contributed by atoms with E-state index in [1.54, 1.807) is 28.5 Å². The number of hydrogen-bond acceptors (Lipinski definition) is 9. The molecule has 0 aromatic carbocycles. The number of carbonyl (C=O) groups is 1. The van der Waals surface area contributed by atoms with Crippen LogP contribution in [0.15, 0.2) is 24.0 Å². The molecule has 1 aliphatic heterocycles. The van der Waals surface area contributed by atoms with Gasteiger partial charge < -0.3 is 14.5 Å².